The van der Waals surface area contributed by atoms with E-state index in [1.165, 1.54) is 12.1 Å². The van der Waals surface area contributed by atoms with Crippen molar-refractivity contribution in [2.45, 2.75) is 22.1 Å². The maximum absolute atomic E-state index is 13.0. The van der Waals surface area contributed by atoms with Crippen LogP contribution in [0, 0.1) is 0 Å². The first-order valence-corrected chi connectivity index (χ1v) is 8.84. The molecule has 3 nitrogen and oxygen atoms in total. The minimum absolute atomic E-state index is 0.0194. The van der Waals surface area contributed by atoms with Crippen molar-refractivity contribution >= 4 is 58.0 Å². The molecule has 1 N–H and O–H groups in total. The van der Waals surface area contributed by atoms with Gasteiger partial charge in [0.1, 0.15) is 25.6 Å². The Bertz CT molecular complexity index is 873. The molecule has 2 aliphatic rings. The van der Waals surface area contributed by atoms with Crippen molar-refractivity contribution in [3.63, 3.8) is 0 Å². The zero-order chi connectivity index (χ0) is 18.6. The number of carbonyl (C=O) groups excluding carboxylic acids is 2. The van der Waals surface area contributed by atoms with E-state index in [9.17, 15) is 14.7 Å². The lowest BCUT2D eigenvalue weighted by Gasteiger charge is -2.49. The second kappa shape index (κ2) is 6.17. The van der Waals surface area contributed by atoms with Crippen LogP contribution in [0.4, 0.5) is 0 Å². The van der Waals surface area contributed by atoms with E-state index in [1.54, 1.807) is 24.3 Å². The van der Waals surface area contributed by atoms with Crippen molar-refractivity contribution in [3.05, 3.63) is 64.2 Å². The Balaban J connectivity index is 2.37. The van der Waals surface area contributed by atoms with Crippen molar-refractivity contribution in [1.29, 1.82) is 0 Å². The zero-order valence-corrected chi connectivity index (χ0v) is 15.8. The van der Waals surface area contributed by atoms with Crippen LogP contribution in [0.1, 0.15) is 17.9 Å². The van der Waals surface area contributed by atoms with Gasteiger partial charge >= 0.3 is 0 Å². The third kappa shape index (κ3) is 2.33. The molecule has 25 heavy (non-hydrogen) atoms. The van der Waals surface area contributed by atoms with E-state index in [1.807, 2.05) is 0 Å². The number of hydrogen-bond acceptors (Lipinski definition) is 3. The molecule has 0 fully saturated rings. The molecule has 3 atom stereocenters. The number of benzene rings is 1. The molecule has 0 heterocycles. The van der Waals surface area contributed by atoms with Crippen LogP contribution in [0.25, 0.3) is 0 Å². The minimum Gasteiger partial charge on any atom is -0.508 e. The van der Waals surface area contributed by atoms with Gasteiger partial charge in [-0.1, -0.05) is 60.1 Å². The lowest BCUT2D eigenvalue weighted by atomic mass is 9.62. The average Bonchev–Trinajstić information content (AvgIpc) is 2.61. The number of allylic oxidation sites excluding steroid dienone is 5. The molecule has 1 aromatic carbocycles. The number of para-hydroxylation sites is 1. The van der Waals surface area contributed by atoms with Gasteiger partial charge < -0.3 is 5.11 Å². The smallest absolute Gasteiger partial charge is 0.199 e. The minimum atomic E-state index is -1.95. The lowest BCUT2D eigenvalue weighted by molar-refractivity contribution is -0.127. The van der Waals surface area contributed by atoms with Gasteiger partial charge in [-0.3, -0.25) is 9.59 Å². The van der Waals surface area contributed by atoms with E-state index in [0.717, 1.165) is 0 Å². The van der Waals surface area contributed by atoms with E-state index in [4.69, 9.17) is 46.4 Å². The van der Waals surface area contributed by atoms with Gasteiger partial charge in [0, 0.05) is 11.5 Å². The number of rotatable bonds is 2. The fraction of sp³-hybridized carbons (Fsp3) is 0.222. The molecule has 0 aliphatic heterocycles. The third-order valence-electron chi connectivity index (χ3n) is 4.69. The number of phenolic OH excluding ortho intramolecular Hbond substituents is 1. The standard InChI is InChI=1S/C18H12Cl4O3/c1-2-9-7-8-17(21)15(24)13(19)14(20)16(25)18(17,22)12(9)10-5-3-4-6-11(10)23/h2-7,12,23H,1,8H2. The Morgan fingerprint density at radius 3 is 2.32 bits per heavy atom. The Kier molecular flexibility index (Phi) is 4.57. The first-order chi connectivity index (χ1) is 11.7. The van der Waals surface area contributed by atoms with Crippen molar-refractivity contribution < 1.29 is 14.7 Å². The molecular formula is C18H12Cl4O3. The molecule has 1 aromatic rings. The summed E-state index contributed by atoms with van der Waals surface area (Å²) in [5.74, 6) is -2.47. The van der Waals surface area contributed by atoms with Gasteiger partial charge in [0.25, 0.3) is 0 Å². The third-order valence-corrected chi connectivity index (χ3v) is 6.94. The van der Waals surface area contributed by atoms with Gasteiger partial charge in [-0.25, -0.2) is 0 Å². The number of fused-ring (bicyclic) bond motifs is 1. The predicted octanol–water partition coefficient (Wildman–Crippen LogP) is 4.79. The maximum Gasteiger partial charge on any atom is 0.199 e. The number of halogens is 4. The molecule has 2 aliphatic carbocycles. The van der Waals surface area contributed by atoms with Crippen LogP contribution < -0.4 is 0 Å². The summed E-state index contributed by atoms with van der Waals surface area (Å²) in [6.45, 7) is 3.74. The van der Waals surface area contributed by atoms with Gasteiger partial charge in [-0.05, 0) is 18.1 Å². The number of hydrogen-bond donors (Lipinski definition) is 1. The molecule has 0 bridgehead atoms. The molecule has 3 unspecified atom stereocenters. The van der Waals surface area contributed by atoms with Crippen molar-refractivity contribution in [2.75, 3.05) is 0 Å². The first-order valence-electron chi connectivity index (χ1n) is 7.33. The zero-order valence-electron chi connectivity index (χ0n) is 12.7. The second-order valence-electron chi connectivity index (χ2n) is 5.90. The summed E-state index contributed by atoms with van der Waals surface area (Å²) in [5.41, 5.74) is 0.911. The highest BCUT2D eigenvalue weighted by atomic mass is 35.5. The molecular weight excluding hydrogens is 406 g/mol. The summed E-state index contributed by atoms with van der Waals surface area (Å²) in [5, 5.41) is 9.42. The molecule has 0 amide bonds. The molecule has 130 valence electrons. The van der Waals surface area contributed by atoms with Gasteiger partial charge in [0.15, 0.2) is 11.6 Å². The van der Waals surface area contributed by atoms with E-state index in [0.29, 0.717) is 11.1 Å². The highest BCUT2D eigenvalue weighted by Gasteiger charge is 2.68. The molecule has 0 aromatic heterocycles. The van der Waals surface area contributed by atoms with Crippen molar-refractivity contribution in [3.8, 4) is 5.75 Å². The van der Waals surface area contributed by atoms with Crippen LogP contribution in [-0.2, 0) is 9.59 Å². The van der Waals surface area contributed by atoms with E-state index >= 15 is 0 Å². The highest BCUT2D eigenvalue weighted by molar-refractivity contribution is 6.66. The number of phenols is 1. The van der Waals surface area contributed by atoms with E-state index in [2.05, 4.69) is 6.58 Å². The monoisotopic (exact) mass is 416 g/mol. The van der Waals surface area contributed by atoms with E-state index in [-0.39, 0.29) is 12.2 Å². The Morgan fingerprint density at radius 1 is 1.12 bits per heavy atom. The number of Topliss-reactive ketones (excluding diaryl/α,β-unsaturated/α-hetero) is 2. The molecule has 7 heteroatoms. The summed E-state index contributed by atoms with van der Waals surface area (Å²) in [7, 11) is 0. The van der Waals surface area contributed by atoms with Crippen molar-refractivity contribution in [2.24, 2.45) is 0 Å². The molecule has 0 spiro atoms. The van der Waals surface area contributed by atoms with Crippen molar-refractivity contribution in [1.82, 2.24) is 0 Å². The SMILES string of the molecule is C=CC1=CCC2(Cl)C(=O)C(Cl)=C(Cl)C(=O)C2(Cl)C1c1ccccc1O. The van der Waals surface area contributed by atoms with Gasteiger partial charge in [-0.15, -0.1) is 23.2 Å². The number of carbonyl (C=O) groups is 2. The molecule has 0 radical (unpaired) electrons. The summed E-state index contributed by atoms with van der Waals surface area (Å²) in [6, 6.07) is 6.38. The number of alkyl halides is 2. The summed E-state index contributed by atoms with van der Waals surface area (Å²) in [4.78, 5) is 22.0. The number of aromatic hydroxyl groups is 1. The average molecular weight is 418 g/mol. The molecule has 3 rings (SSSR count). The second-order valence-corrected chi connectivity index (χ2v) is 7.90. The Labute approximate surface area is 164 Å². The Morgan fingerprint density at radius 2 is 1.72 bits per heavy atom. The summed E-state index contributed by atoms with van der Waals surface area (Å²) < 4.78 is 0. The normalized spacial score (nSPS) is 32.3. The van der Waals surface area contributed by atoms with Gasteiger partial charge in [0.05, 0.1) is 0 Å². The quantitative estimate of drug-likeness (QED) is 0.704. The first kappa shape index (κ1) is 18.5. The highest BCUT2D eigenvalue weighted by Crippen LogP contribution is 2.60. The topological polar surface area (TPSA) is 54.4 Å². The largest absolute Gasteiger partial charge is 0.508 e. The Hall–Kier alpha value is -1.26. The van der Waals surface area contributed by atoms with Crippen LogP contribution >= 0.6 is 46.4 Å². The summed E-state index contributed by atoms with van der Waals surface area (Å²) in [6.07, 6.45) is 3.17. The van der Waals surface area contributed by atoms with Crippen LogP contribution in [0.3, 0.4) is 0 Å². The predicted molar refractivity (Wildman–Crippen MR) is 99.7 cm³/mol. The van der Waals surface area contributed by atoms with Gasteiger partial charge in [-0.2, -0.15) is 0 Å². The summed E-state index contributed by atoms with van der Waals surface area (Å²) >= 11 is 25.3. The van der Waals surface area contributed by atoms with Crippen LogP contribution in [0.2, 0.25) is 0 Å². The molecule has 0 saturated carbocycles. The van der Waals surface area contributed by atoms with E-state index < -0.39 is 37.3 Å². The van der Waals surface area contributed by atoms with Gasteiger partial charge in [0.2, 0.25) is 0 Å². The van der Waals surface area contributed by atoms with Crippen LogP contribution in [0.15, 0.2) is 58.6 Å². The fourth-order valence-electron chi connectivity index (χ4n) is 3.41. The van der Waals surface area contributed by atoms with Crippen LogP contribution in [0.5, 0.6) is 5.75 Å². The maximum atomic E-state index is 13.0. The fourth-order valence-corrected chi connectivity index (χ4v) is 4.86. The van der Waals surface area contributed by atoms with Crippen LogP contribution in [-0.4, -0.2) is 26.4 Å². The number of ketones is 2. The molecule has 0 saturated heterocycles. The lowest BCUT2D eigenvalue weighted by Crippen LogP contribution is -2.64.